The predicted molar refractivity (Wildman–Crippen MR) is 90.7 cm³/mol. The fraction of sp³-hybridized carbons (Fsp3) is 0.438. The van der Waals surface area contributed by atoms with E-state index in [1.807, 2.05) is 0 Å². The number of ether oxygens (including phenoxy) is 2. The van der Waals surface area contributed by atoms with Gasteiger partial charge in [-0.3, -0.25) is 4.79 Å². The third-order valence-electron chi connectivity index (χ3n) is 3.25. The zero-order chi connectivity index (χ0) is 18.2. The smallest absolute Gasteiger partial charge is 0.338 e. The van der Waals surface area contributed by atoms with Crippen molar-refractivity contribution in [2.24, 2.45) is 0 Å². The highest BCUT2D eigenvalue weighted by atomic mass is 32.2. The number of carbonyl (C=O) groups excluding carboxylic acids is 3. The lowest BCUT2D eigenvalue weighted by molar-refractivity contribution is -0.140. The molecule has 9 heteroatoms. The molecule has 1 aromatic rings. The lowest BCUT2D eigenvalue weighted by atomic mass is 10.0. The number of amides is 2. The van der Waals surface area contributed by atoms with Crippen LogP contribution in [0.5, 0.6) is 0 Å². The molecule has 2 amide bonds. The van der Waals surface area contributed by atoms with Crippen LogP contribution in [0, 0.1) is 0 Å². The van der Waals surface area contributed by atoms with E-state index in [9.17, 15) is 14.4 Å². The van der Waals surface area contributed by atoms with Gasteiger partial charge in [-0.05, 0) is 26.0 Å². The number of nitrogens with one attached hydrogen (secondary N) is 2. The molecular formula is C16H20N2O6S. The summed E-state index contributed by atoms with van der Waals surface area (Å²) in [5, 5.41) is 5.27. The Hall–Kier alpha value is -2.42. The Bertz CT molecular complexity index is 656. The minimum atomic E-state index is -0.749. The van der Waals surface area contributed by atoms with Gasteiger partial charge in [0, 0.05) is 11.4 Å². The van der Waals surface area contributed by atoms with Crippen molar-refractivity contribution in [3.8, 4) is 0 Å². The van der Waals surface area contributed by atoms with Gasteiger partial charge >= 0.3 is 18.0 Å². The topological polar surface area (TPSA) is 107 Å². The molecule has 0 saturated heterocycles. The van der Waals surface area contributed by atoms with Gasteiger partial charge in [0.15, 0.2) is 0 Å². The van der Waals surface area contributed by atoms with Crippen LogP contribution in [0.25, 0.3) is 0 Å². The number of hydrogen-bond donors (Lipinski definition) is 2. The van der Waals surface area contributed by atoms with Gasteiger partial charge < -0.3 is 24.5 Å². The average Bonchev–Trinajstić information content (AvgIpc) is 3.09. The van der Waals surface area contributed by atoms with Crippen molar-refractivity contribution >= 4 is 29.7 Å². The van der Waals surface area contributed by atoms with Gasteiger partial charge in [-0.15, -0.1) is 11.8 Å². The van der Waals surface area contributed by atoms with Crippen molar-refractivity contribution in [2.75, 3.05) is 24.7 Å². The number of carbonyl (C=O) groups is 3. The standard InChI is InChI=1S/C16H20N2O6S/c1-3-22-12(19)9-25-8-10-13(15(20)23-4-2)14(18-16(21)17-10)11-6-5-7-24-11/h5-7,14H,3-4,8-9H2,1-2H3,(H2,17,18,21)/t14-/m1/s1. The molecule has 0 radical (unpaired) electrons. The van der Waals surface area contributed by atoms with E-state index in [0.29, 0.717) is 18.1 Å². The molecule has 2 N–H and O–H groups in total. The van der Waals surface area contributed by atoms with Gasteiger partial charge in [0.2, 0.25) is 0 Å². The fourth-order valence-corrected chi connectivity index (χ4v) is 3.07. The highest BCUT2D eigenvalue weighted by Crippen LogP contribution is 2.29. The SMILES string of the molecule is CCOC(=O)CSCC1=C(C(=O)OCC)[C@@H](c2ccco2)NC(=O)N1. The van der Waals surface area contributed by atoms with Gasteiger partial charge in [-0.1, -0.05) is 0 Å². The largest absolute Gasteiger partial charge is 0.467 e. The maximum Gasteiger partial charge on any atom is 0.338 e. The number of furan rings is 1. The summed E-state index contributed by atoms with van der Waals surface area (Å²) in [5.41, 5.74) is 0.644. The highest BCUT2D eigenvalue weighted by Gasteiger charge is 2.35. The Morgan fingerprint density at radius 1 is 1.28 bits per heavy atom. The maximum absolute atomic E-state index is 12.4. The first kappa shape index (κ1) is 18.9. The molecule has 1 aliphatic rings. The summed E-state index contributed by atoms with van der Waals surface area (Å²) in [7, 11) is 0. The molecule has 0 aromatic carbocycles. The fourth-order valence-electron chi connectivity index (χ4n) is 2.29. The van der Waals surface area contributed by atoms with E-state index in [2.05, 4.69) is 10.6 Å². The lowest BCUT2D eigenvalue weighted by Gasteiger charge is -2.27. The number of esters is 2. The van der Waals surface area contributed by atoms with Crippen LogP contribution in [-0.4, -0.2) is 42.7 Å². The Balaban J connectivity index is 2.23. The molecule has 0 fully saturated rings. The molecule has 2 heterocycles. The molecule has 0 saturated carbocycles. The van der Waals surface area contributed by atoms with Crippen LogP contribution in [0.3, 0.4) is 0 Å². The van der Waals surface area contributed by atoms with E-state index in [1.54, 1.807) is 26.0 Å². The van der Waals surface area contributed by atoms with E-state index >= 15 is 0 Å². The van der Waals surface area contributed by atoms with Gasteiger partial charge in [-0.25, -0.2) is 9.59 Å². The summed E-state index contributed by atoms with van der Waals surface area (Å²) in [6.45, 7) is 3.93. The molecule has 1 aromatic heterocycles. The van der Waals surface area contributed by atoms with Crippen LogP contribution < -0.4 is 10.6 Å². The van der Waals surface area contributed by atoms with Crippen LogP contribution in [0.2, 0.25) is 0 Å². The average molecular weight is 368 g/mol. The van der Waals surface area contributed by atoms with Crippen LogP contribution in [0.1, 0.15) is 25.6 Å². The maximum atomic E-state index is 12.4. The second-order valence-electron chi connectivity index (χ2n) is 4.96. The molecule has 2 rings (SSSR count). The minimum Gasteiger partial charge on any atom is -0.467 e. The molecule has 136 valence electrons. The summed E-state index contributed by atoms with van der Waals surface area (Å²) in [5.74, 6) is -0.123. The summed E-state index contributed by atoms with van der Waals surface area (Å²) >= 11 is 1.24. The summed E-state index contributed by atoms with van der Waals surface area (Å²) in [6.07, 6.45) is 1.46. The van der Waals surface area contributed by atoms with Gasteiger partial charge in [0.1, 0.15) is 11.8 Å². The van der Waals surface area contributed by atoms with E-state index in [1.165, 1.54) is 18.0 Å². The molecule has 0 aliphatic carbocycles. The van der Waals surface area contributed by atoms with Gasteiger partial charge in [0.25, 0.3) is 0 Å². The monoisotopic (exact) mass is 368 g/mol. The normalized spacial score (nSPS) is 16.9. The van der Waals surface area contributed by atoms with Crippen LogP contribution in [-0.2, 0) is 19.1 Å². The number of hydrogen-bond acceptors (Lipinski definition) is 7. The molecule has 0 unspecified atom stereocenters. The van der Waals surface area contributed by atoms with Crippen molar-refractivity contribution in [3.05, 3.63) is 35.4 Å². The van der Waals surface area contributed by atoms with Crippen LogP contribution in [0.4, 0.5) is 4.79 Å². The Kier molecular flexibility index (Phi) is 6.93. The Morgan fingerprint density at radius 2 is 2.04 bits per heavy atom. The third-order valence-corrected chi connectivity index (χ3v) is 4.18. The van der Waals surface area contributed by atoms with E-state index in [-0.39, 0.29) is 29.7 Å². The van der Waals surface area contributed by atoms with E-state index in [0.717, 1.165) is 0 Å². The molecular weight excluding hydrogens is 348 g/mol. The van der Waals surface area contributed by atoms with Gasteiger partial charge in [-0.2, -0.15) is 0 Å². The second-order valence-corrected chi connectivity index (χ2v) is 5.94. The van der Waals surface area contributed by atoms with Crippen molar-refractivity contribution < 1.29 is 28.3 Å². The molecule has 8 nitrogen and oxygen atoms in total. The van der Waals surface area contributed by atoms with E-state index in [4.69, 9.17) is 13.9 Å². The number of rotatable bonds is 8. The summed E-state index contributed by atoms with van der Waals surface area (Å²) < 4.78 is 15.3. The molecule has 0 spiro atoms. The predicted octanol–water partition coefficient (Wildman–Crippen LogP) is 1.75. The summed E-state index contributed by atoms with van der Waals surface area (Å²) in [6, 6.07) is 2.13. The van der Waals surface area contributed by atoms with Crippen molar-refractivity contribution in [1.82, 2.24) is 10.6 Å². The van der Waals surface area contributed by atoms with Crippen molar-refractivity contribution in [1.29, 1.82) is 0 Å². The van der Waals surface area contributed by atoms with E-state index < -0.39 is 18.0 Å². The first-order valence-corrected chi connectivity index (χ1v) is 8.96. The molecule has 25 heavy (non-hydrogen) atoms. The molecule has 1 atom stereocenters. The zero-order valence-electron chi connectivity index (χ0n) is 14.0. The number of thioether (sulfide) groups is 1. The Morgan fingerprint density at radius 3 is 2.68 bits per heavy atom. The highest BCUT2D eigenvalue weighted by molar-refractivity contribution is 8.00. The zero-order valence-corrected chi connectivity index (χ0v) is 14.8. The third kappa shape index (κ3) is 5.02. The first-order valence-electron chi connectivity index (χ1n) is 7.81. The first-order chi connectivity index (χ1) is 12.1. The number of urea groups is 1. The van der Waals surface area contributed by atoms with Crippen LogP contribution in [0.15, 0.2) is 34.1 Å². The lowest BCUT2D eigenvalue weighted by Crippen LogP contribution is -2.46. The van der Waals surface area contributed by atoms with Crippen molar-refractivity contribution in [3.63, 3.8) is 0 Å². The van der Waals surface area contributed by atoms with Crippen LogP contribution >= 0.6 is 11.8 Å². The molecule has 0 bridgehead atoms. The summed E-state index contributed by atoms with van der Waals surface area (Å²) in [4.78, 5) is 35.8. The van der Waals surface area contributed by atoms with Crippen molar-refractivity contribution in [2.45, 2.75) is 19.9 Å². The minimum absolute atomic E-state index is 0.113. The second kappa shape index (κ2) is 9.16. The molecule has 1 aliphatic heterocycles. The Labute approximate surface area is 149 Å². The quantitative estimate of drug-likeness (QED) is 0.673. The van der Waals surface area contributed by atoms with Gasteiger partial charge in [0.05, 0.1) is 30.8 Å².